The van der Waals surface area contributed by atoms with Crippen LogP contribution < -0.4 is 10.9 Å². The topological polar surface area (TPSA) is 65.7 Å². The van der Waals surface area contributed by atoms with E-state index in [0.29, 0.717) is 11.6 Å². The van der Waals surface area contributed by atoms with E-state index in [1.807, 2.05) is 18.2 Å². The molecule has 2 heterocycles. The summed E-state index contributed by atoms with van der Waals surface area (Å²) in [4.78, 5) is 13.7. The molecule has 1 saturated heterocycles. The van der Waals surface area contributed by atoms with Crippen LogP contribution in [0.1, 0.15) is 12.8 Å². The van der Waals surface area contributed by atoms with Gasteiger partial charge in [0, 0.05) is 17.5 Å². The highest BCUT2D eigenvalue weighted by molar-refractivity contribution is 6.45. The van der Waals surface area contributed by atoms with Gasteiger partial charge in [-0.05, 0) is 44.9 Å². The van der Waals surface area contributed by atoms with Crippen molar-refractivity contribution in [3.63, 3.8) is 0 Å². The van der Waals surface area contributed by atoms with E-state index in [1.165, 1.54) is 6.07 Å². The molecule has 5 nitrogen and oxygen atoms in total. The van der Waals surface area contributed by atoms with Crippen LogP contribution in [-0.4, -0.2) is 36.0 Å². The number of nitrogens with one attached hydrogen (secondary N) is 1. The largest absolute Gasteiger partial charge is 0.437 e. The van der Waals surface area contributed by atoms with Crippen LogP contribution in [0.25, 0.3) is 11.0 Å². The van der Waals surface area contributed by atoms with Crippen molar-refractivity contribution in [3.8, 4) is 0 Å². The van der Waals surface area contributed by atoms with Gasteiger partial charge in [-0.15, -0.1) is 0 Å². The number of rotatable bonds is 3. The first kappa shape index (κ1) is 14.2. The summed E-state index contributed by atoms with van der Waals surface area (Å²) in [6, 6.07) is 9.37. The summed E-state index contributed by atoms with van der Waals surface area (Å²) in [7, 11) is -0.393. The number of fused-ring (bicyclic) bond motifs is 1. The second-order valence-electron chi connectivity index (χ2n) is 5.56. The van der Waals surface area contributed by atoms with Crippen molar-refractivity contribution >= 4 is 23.7 Å². The van der Waals surface area contributed by atoms with Gasteiger partial charge in [0.1, 0.15) is 5.58 Å². The van der Waals surface area contributed by atoms with Gasteiger partial charge in [0.05, 0.1) is 5.69 Å². The van der Waals surface area contributed by atoms with Gasteiger partial charge in [-0.25, -0.2) is 4.79 Å². The molecule has 1 aliphatic heterocycles. The molecule has 0 radical (unpaired) electrons. The van der Waals surface area contributed by atoms with Gasteiger partial charge >= 0.3 is 12.7 Å². The summed E-state index contributed by atoms with van der Waals surface area (Å²) in [5.74, 6) is 0. The maximum Gasteiger partial charge on any atom is 0.376 e. The van der Waals surface area contributed by atoms with Gasteiger partial charge in [-0.2, -0.15) is 0 Å². The van der Waals surface area contributed by atoms with Gasteiger partial charge in [-0.3, -0.25) is 0 Å². The van der Waals surface area contributed by atoms with Crippen LogP contribution in [0.2, 0.25) is 6.82 Å². The Labute approximate surface area is 123 Å². The third kappa shape index (κ3) is 3.11. The second-order valence-corrected chi connectivity index (χ2v) is 5.56. The van der Waals surface area contributed by atoms with Crippen molar-refractivity contribution < 1.29 is 9.44 Å². The summed E-state index contributed by atoms with van der Waals surface area (Å²) in [5.41, 5.74) is 1.10. The van der Waals surface area contributed by atoms with E-state index in [9.17, 15) is 9.82 Å². The molecule has 0 saturated carbocycles. The van der Waals surface area contributed by atoms with Gasteiger partial charge in [0.15, 0.2) is 0 Å². The number of hydrogen-bond donors (Lipinski definition) is 2. The molecule has 6 heteroatoms. The van der Waals surface area contributed by atoms with Crippen molar-refractivity contribution in [1.82, 2.24) is 4.81 Å². The maximum absolute atomic E-state index is 11.6. The highest BCUT2D eigenvalue weighted by atomic mass is 16.4. The lowest BCUT2D eigenvalue weighted by Gasteiger charge is -2.33. The Kier molecular flexibility index (Phi) is 3.99. The summed E-state index contributed by atoms with van der Waals surface area (Å²) >= 11 is 0. The minimum atomic E-state index is -0.393. The lowest BCUT2D eigenvalue weighted by atomic mass is 9.82. The monoisotopic (exact) mass is 286 g/mol. The molecular weight excluding hydrogens is 267 g/mol. The molecule has 1 aliphatic rings. The molecule has 0 amide bonds. The Morgan fingerprint density at radius 2 is 2.05 bits per heavy atom. The van der Waals surface area contributed by atoms with Crippen LogP contribution in [0.15, 0.2) is 39.5 Å². The molecule has 0 atom stereocenters. The van der Waals surface area contributed by atoms with E-state index in [2.05, 4.69) is 10.1 Å². The molecule has 0 unspecified atom stereocenters. The number of benzene rings is 1. The molecule has 21 heavy (non-hydrogen) atoms. The first-order chi connectivity index (χ1) is 10.1. The second kappa shape index (κ2) is 5.91. The molecule has 1 aromatic carbocycles. The average molecular weight is 286 g/mol. The van der Waals surface area contributed by atoms with E-state index in [4.69, 9.17) is 4.42 Å². The Morgan fingerprint density at radius 3 is 2.76 bits per heavy atom. The molecular formula is C15H19BN2O3. The van der Waals surface area contributed by atoms with Gasteiger partial charge in [0.2, 0.25) is 0 Å². The zero-order valence-corrected chi connectivity index (χ0v) is 12.1. The van der Waals surface area contributed by atoms with Crippen LogP contribution in [-0.2, 0) is 0 Å². The SMILES string of the molecule is CB(O)N1CCC(Nc2cc(=O)oc3ccccc23)CC1. The predicted octanol–water partition coefficient (Wildman–Crippen LogP) is 1.78. The first-order valence-corrected chi connectivity index (χ1v) is 7.35. The lowest BCUT2D eigenvalue weighted by Crippen LogP contribution is -2.45. The Bertz CT molecular complexity index is 678. The van der Waals surface area contributed by atoms with E-state index < -0.39 is 7.05 Å². The standard InChI is InChI=1S/C15H19BN2O3/c1-16(20)18-8-6-11(7-9-18)17-13-10-15(19)21-14-5-3-2-4-12(13)14/h2-5,10-11,17,20H,6-9H2,1H3. The number of hydrogen-bond acceptors (Lipinski definition) is 5. The first-order valence-electron chi connectivity index (χ1n) is 7.35. The third-order valence-electron chi connectivity index (χ3n) is 4.07. The Hall–Kier alpha value is -1.79. The quantitative estimate of drug-likeness (QED) is 0.665. The number of piperidine rings is 1. The fourth-order valence-electron chi connectivity index (χ4n) is 2.87. The highest BCUT2D eigenvalue weighted by Crippen LogP contribution is 2.24. The highest BCUT2D eigenvalue weighted by Gasteiger charge is 2.24. The predicted molar refractivity (Wildman–Crippen MR) is 84.5 cm³/mol. The fourth-order valence-corrected chi connectivity index (χ4v) is 2.87. The molecule has 110 valence electrons. The maximum atomic E-state index is 11.6. The Morgan fingerprint density at radius 1 is 1.33 bits per heavy atom. The smallest absolute Gasteiger partial charge is 0.376 e. The molecule has 1 aromatic heterocycles. The summed E-state index contributed by atoms with van der Waals surface area (Å²) in [5, 5.41) is 14.0. The lowest BCUT2D eigenvalue weighted by molar-refractivity contribution is 0.298. The number of para-hydroxylation sites is 1. The molecule has 3 rings (SSSR count). The van der Waals surface area contributed by atoms with Gasteiger partial charge in [0.25, 0.3) is 0 Å². The van der Waals surface area contributed by atoms with Gasteiger partial charge < -0.3 is 19.6 Å². The molecule has 0 aliphatic carbocycles. The molecule has 2 aromatic rings. The van der Waals surface area contributed by atoms with Crippen LogP contribution in [0, 0.1) is 0 Å². The van der Waals surface area contributed by atoms with Crippen molar-refractivity contribution in [2.24, 2.45) is 0 Å². The van der Waals surface area contributed by atoms with Crippen LogP contribution in [0.3, 0.4) is 0 Å². The van der Waals surface area contributed by atoms with E-state index in [1.54, 1.807) is 12.9 Å². The normalized spacial score (nSPS) is 17.0. The zero-order chi connectivity index (χ0) is 14.8. The van der Waals surface area contributed by atoms with Gasteiger partial charge in [-0.1, -0.05) is 12.1 Å². The van der Waals surface area contributed by atoms with Crippen LogP contribution in [0.5, 0.6) is 0 Å². The molecule has 0 bridgehead atoms. The van der Waals surface area contributed by atoms with E-state index in [0.717, 1.165) is 37.0 Å². The van der Waals surface area contributed by atoms with Crippen LogP contribution >= 0.6 is 0 Å². The number of anilines is 1. The van der Waals surface area contributed by atoms with Crippen molar-refractivity contribution in [2.45, 2.75) is 25.7 Å². The van der Waals surface area contributed by atoms with E-state index >= 15 is 0 Å². The van der Waals surface area contributed by atoms with Crippen molar-refractivity contribution in [2.75, 3.05) is 18.4 Å². The van der Waals surface area contributed by atoms with Crippen molar-refractivity contribution in [1.29, 1.82) is 0 Å². The minimum Gasteiger partial charge on any atom is -0.437 e. The fraction of sp³-hybridized carbons (Fsp3) is 0.400. The third-order valence-corrected chi connectivity index (χ3v) is 4.07. The molecule has 1 fully saturated rings. The molecule has 2 N–H and O–H groups in total. The summed E-state index contributed by atoms with van der Waals surface area (Å²) < 4.78 is 5.20. The number of nitrogens with zero attached hydrogens (tertiary/aromatic N) is 1. The average Bonchev–Trinajstić information content (AvgIpc) is 2.47. The summed E-state index contributed by atoms with van der Waals surface area (Å²) in [6.07, 6.45) is 1.89. The van der Waals surface area contributed by atoms with Crippen LogP contribution in [0.4, 0.5) is 5.69 Å². The van der Waals surface area contributed by atoms with E-state index in [-0.39, 0.29) is 5.63 Å². The summed E-state index contributed by atoms with van der Waals surface area (Å²) in [6.45, 7) is 3.51. The van der Waals surface area contributed by atoms with Crippen molar-refractivity contribution in [3.05, 3.63) is 40.8 Å². The molecule has 0 spiro atoms. The Balaban J connectivity index is 1.78. The minimum absolute atomic E-state index is 0.310. The zero-order valence-electron chi connectivity index (χ0n) is 12.1.